The van der Waals surface area contributed by atoms with Gasteiger partial charge in [-0.3, -0.25) is 24.1 Å². The number of fused-ring (bicyclic) bond motifs is 5. The summed E-state index contributed by atoms with van der Waals surface area (Å²) in [6.45, 7) is 2.98. The molecule has 4 heterocycles. The minimum Gasteiger partial charge on any atom is -0.450 e. The fraction of sp³-hybridized carbons (Fsp3) is 0.129. The van der Waals surface area contributed by atoms with Crippen LogP contribution in [0.1, 0.15) is 49.5 Å². The summed E-state index contributed by atoms with van der Waals surface area (Å²) >= 11 is 0.924. The number of hydrogen-bond acceptors (Lipinski definition) is 7. The molecule has 42 heavy (non-hydrogen) atoms. The van der Waals surface area contributed by atoms with Gasteiger partial charge < -0.3 is 9.32 Å². The Bertz CT molecular complexity index is 2070. The van der Waals surface area contributed by atoms with E-state index in [9.17, 15) is 28.0 Å². The summed E-state index contributed by atoms with van der Waals surface area (Å²) in [6.07, 6.45) is 0. The third kappa shape index (κ3) is 3.40. The molecule has 0 fully saturated rings. The first kappa shape index (κ1) is 25.9. The number of ketones is 1. The van der Waals surface area contributed by atoms with E-state index >= 15 is 0 Å². The molecule has 7 rings (SSSR count). The number of para-hydroxylation sites is 1. The topological polar surface area (TPSA) is 101 Å². The number of hydrogen-bond donors (Lipinski definition) is 0. The van der Waals surface area contributed by atoms with Gasteiger partial charge >= 0.3 is 0 Å². The van der Waals surface area contributed by atoms with Gasteiger partial charge in [0.1, 0.15) is 17.2 Å². The largest absolute Gasteiger partial charge is 0.450 e. The number of carbonyl (C=O) groups is 3. The summed E-state index contributed by atoms with van der Waals surface area (Å²) in [6, 6.07) is 15.7. The Labute approximate surface area is 240 Å². The maximum Gasteiger partial charge on any atom is 0.297 e. The first-order valence-corrected chi connectivity index (χ1v) is 13.7. The van der Waals surface area contributed by atoms with Crippen molar-refractivity contribution in [2.24, 2.45) is 0 Å². The molecule has 2 amide bonds. The zero-order chi connectivity index (χ0) is 29.5. The van der Waals surface area contributed by atoms with Crippen molar-refractivity contribution in [2.45, 2.75) is 25.9 Å². The van der Waals surface area contributed by atoms with E-state index in [1.54, 1.807) is 31.2 Å². The minimum atomic E-state index is -2.07. The van der Waals surface area contributed by atoms with Gasteiger partial charge in [0, 0.05) is 12.5 Å². The van der Waals surface area contributed by atoms with Crippen molar-refractivity contribution in [3.05, 3.63) is 122 Å². The number of benzene rings is 3. The van der Waals surface area contributed by atoms with Crippen LogP contribution in [0, 0.1) is 18.6 Å². The van der Waals surface area contributed by atoms with Crippen molar-refractivity contribution < 1.29 is 27.6 Å². The van der Waals surface area contributed by atoms with Crippen LogP contribution in [-0.2, 0) is 16.9 Å². The number of rotatable bonds is 4. The molecule has 11 heteroatoms. The standard InChI is InChI=1S/C31H19F2N3O5S/c1-15-27(16(2)37)42-30(34-15)36-28(39)26-24(25(38)20-13-19(33)11-12-23(20)41-26)31(36)21-5-3-4-6-22(21)35(29(31)40)14-17-7-9-18(32)10-8-17/h3-13H,14H2,1-2H3. The normalized spacial score (nSPS) is 17.4. The summed E-state index contributed by atoms with van der Waals surface area (Å²) in [7, 11) is 0. The maximum atomic E-state index is 14.8. The van der Waals surface area contributed by atoms with Crippen LogP contribution in [0.5, 0.6) is 0 Å². The summed E-state index contributed by atoms with van der Waals surface area (Å²) in [4.78, 5) is 63.0. The number of carbonyl (C=O) groups excluding carboxylic acids is 3. The van der Waals surface area contributed by atoms with Crippen molar-refractivity contribution >= 4 is 50.7 Å². The highest BCUT2D eigenvalue weighted by Gasteiger charge is 2.66. The third-order valence-corrected chi connectivity index (χ3v) is 8.88. The summed E-state index contributed by atoms with van der Waals surface area (Å²) in [5.41, 5.74) is -1.41. The molecule has 1 atom stereocenters. The van der Waals surface area contributed by atoms with E-state index in [4.69, 9.17) is 4.42 Å². The number of aromatic nitrogens is 1. The van der Waals surface area contributed by atoms with Crippen LogP contribution < -0.4 is 15.2 Å². The van der Waals surface area contributed by atoms with Crippen LogP contribution in [0.15, 0.2) is 75.9 Å². The maximum absolute atomic E-state index is 14.8. The van der Waals surface area contributed by atoms with Crippen molar-refractivity contribution in [1.29, 1.82) is 0 Å². The molecule has 2 aliphatic heterocycles. The number of thiazole rings is 1. The molecule has 0 radical (unpaired) electrons. The predicted molar refractivity (Wildman–Crippen MR) is 151 cm³/mol. The Morgan fingerprint density at radius 3 is 2.43 bits per heavy atom. The van der Waals surface area contributed by atoms with E-state index in [1.165, 1.54) is 42.2 Å². The van der Waals surface area contributed by atoms with Crippen molar-refractivity contribution in [2.75, 3.05) is 9.80 Å². The van der Waals surface area contributed by atoms with Crippen LogP contribution in [0.4, 0.5) is 19.6 Å². The lowest BCUT2D eigenvalue weighted by atomic mass is 9.84. The van der Waals surface area contributed by atoms with Gasteiger partial charge in [0.05, 0.1) is 33.8 Å². The summed E-state index contributed by atoms with van der Waals surface area (Å²) in [5, 5.41) is -0.111. The quantitative estimate of drug-likeness (QED) is 0.260. The first-order chi connectivity index (χ1) is 20.1. The zero-order valence-electron chi connectivity index (χ0n) is 22.1. The number of anilines is 2. The number of amides is 2. The third-order valence-electron chi connectivity index (χ3n) is 7.64. The van der Waals surface area contributed by atoms with Gasteiger partial charge in [0.15, 0.2) is 21.9 Å². The minimum absolute atomic E-state index is 0.00161. The molecule has 0 aliphatic carbocycles. The van der Waals surface area contributed by atoms with Gasteiger partial charge in [-0.15, -0.1) is 0 Å². The smallest absolute Gasteiger partial charge is 0.297 e. The second-order valence-corrected chi connectivity index (χ2v) is 11.1. The van der Waals surface area contributed by atoms with E-state index in [0.29, 0.717) is 22.5 Å². The van der Waals surface area contributed by atoms with Crippen LogP contribution in [0.25, 0.3) is 11.0 Å². The monoisotopic (exact) mass is 583 g/mol. The molecule has 208 valence electrons. The van der Waals surface area contributed by atoms with Crippen LogP contribution in [0.3, 0.4) is 0 Å². The fourth-order valence-corrected chi connectivity index (χ4v) is 6.88. The SMILES string of the molecule is CC(=O)c1sc(N2C(=O)c3oc4ccc(F)cc4c(=O)c3C23C(=O)N(Cc2ccc(F)cc2)c2ccccc23)nc1C. The van der Waals surface area contributed by atoms with Gasteiger partial charge in [-0.2, -0.15) is 0 Å². The van der Waals surface area contributed by atoms with Gasteiger partial charge in [-0.25, -0.2) is 13.8 Å². The summed E-state index contributed by atoms with van der Waals surface area (Å²) in [5.74, 6) is -3.24. The Balaban J connectivity index is 1.56. The van der Waals surface area contributed by atoms with Gasteiger partial charge in [0.25, 0.3) is 11.8 Å². The van der Waals surface area contributed by atoms with E-state index < -0.39 is 34.4 Å². The molecule has 2 aliphatic rings. The second kappa shape index (κ2) is 8.98. The molecule has 1 spiro atoms. The Morgan fingerprint density at radius 2 is 1.71 bits per heavy atom. The highest BCUT2D eigenvalue weighted by Crippen LogP contribution is 2.55. The molecule has 3 aromatic carbocycles. The van der Waals surface area contributed by atoms with E-state index in [-0.39, 0.29) is 44.6 Å². The van der Waals surface area contributed by atoms with E-state index in [2.05, 4.69) is 4.98 Å². The summed E-state index contributed by atoms with van der Waals surface area (Å²) < 4.78 is 33.9. The fourth-order valence-electron chi connectivity index (χ4n) is 5.87. The molecule has 2 aromatic heterocycles. The Hall–Kier alpha value is -5.03. The molecule has 0 bridgehead atoms. The number of halogens is 2. The van der Waals surface area contributed by atoms with Crippen molar-refractivity contribution in [1.82, 2.24) is 4.98 Å². The van der Waals surface area contributed by atoms with Crippen LogP contribution in [0.2, 0.25) is 0 Å². The number of Topliss-reactive ketones (excluding diaryl/α,β-unsaturated/α-hetero) is 1. The molecular weight excluding hydrogens is 564 g/mol. The molecule has 1 unspecified atom stereocenters. The number of aryl methyl sites for hydroxylation is 1. The molecule has 0 saturated carbocycles. The highest BCUT2D eigenvalue weighted by atomic mass is 32.1. The predicted octanol–water partition coefficient (Wildman–Crippen LogP) is 5.49. The van der Waals surface area contributed by atoms with Gasteiger partial charge in [-0.05, 0) is 48.9 Å². The first-order valence-electron chi connectivity index (χ1n) is 12.9. The van der Waals surface area contributed by atoms with Gasteiger partial charge in [-0.1, -0.05) is 41.7 Å². The van der Waals surface area contributed by atoms with Crippen LogP contribution >= 0.6 is 11.3 Å². The van der Waals surface area contributed by atoms with Gasteiger partial charge in [0.2, 0.25) is 5.76 Å². The van der Waals surface area contributed by atoms with Crippen molar-refractivity contribution in [3.8, 4) is 0 Å². The average molecular weight is 584 g/mol. The molecule has 0 N–H and O–H groups in total. The van der Waals surface area contributed by atoms with E-state index in [0.717, 1.165) is 28.4 Å². The lowest BCUT2D eigenvalue weighted by Crippen LogP contribution is -2.53. The van der Waals surface area contributed by atoms with E-state index in [1.807, 2.05) is 0 Å². The lowest BCUT2D eigenvalue weighted by molar-refractivity contribution is -0.121. The highest BCUT2D eigenvalue weighted by molar-refractivity contribution is 7.17. The molecule has 5 aromatic rings. The average Bonchev–Trinajstić information content (AvgIpc) is 3.55. The van der Waals surface area contributed by atoms with Crippen LogP contribution in [-0.4, -0.2) is 22.6 Å². The molecular formula is C31H19F2N3O5S. The molecule has 8 nitrogen and oxygen atoms in total. The zero-order valence-corrected chi connectivity index (χ0v) is 22.9. The lowest BCUT2D eigenvalue weighted by Gasteiger charge is -2.32. The second-order valence-electron chi connectivity index (χ2n) is 10.1. The molecule has 0 saturated heterocycles. The Morgan fingerprint density at radius 1 is 1.00 bits per heavy atom. The number of nitrogens with zero attached hydrogens (tertiary/aromatic N) is 3. The van der Waals surface area contributed by atoms with Crippen molar-refractivity contribution in [3.63, 3.8) is 0 Å². The Kier molecular flexibility index (Phi) is 5.54.